The number of thiophene rings is 1. The van der Waals surface area contributed by atoms with Crippen molar-refractivity contribution in [1.29, 1.82) is 0 Å². The first-order chi connectivity index (χ1) is 12.7. The van der Waals surface area contributed by atoms with Crippen molar-refractivity contribution in [3.05, 3.63) is 87.6 Å². The highest BCUT2D eigenvalue weighted by Crippen LogP contribution is 2.24. The van der Waals surface area contributed by atoms with E-state index in [0.717, 1.165) is 16.0 Å². The highest BCUT2D eigenvalue weighted by Gasteiger charge is 2.21. The smallest absolute Gasteiger partial charge is 0.255 e. The summed E-state index contributed by atoms with van der Waals surface area (Å²) in [5.74, 6) is 0.634. The van der Waals surface area contributed by atoms with Crippen molar-refractivity contribution in [2.75, 3.05) is 0 Å². The summed E-state index contributed by atoms with van der Waals surface area (Å²) in [5, 5.41) is 3.10. The average molecular weight is 383 g/mol. The molecule has 0 unspecified atom stereocenters. The fourth-order valence-electron chi connectivity index (χ4n) is 2.87. The van der Waals surface area contributed by atoms with Gasteiger partial charge in [0.15, 0.2) is 0 Å². The highest BCUT2D eigenvalue weighted by atomic mass is 35.5. The van der Waals surface area contributed by atoms with E-state index in [1.807, 2.05) is 53.9 Å². The van der Waals surface area contributed by atoms with Crippen LogP contribution in [0.5, 0.6) is 0 Å². The number of halogens is 1. The van der Waals surface area contributed by atoms with Gasteiger partial charge in [0, 0.05) is 10.3 Å². The van der Waals surface area contributed by atoms with Crippen LogP contribution >= 0.6 is 22.9 Å². The molecule has 1 aromatic carbocycles. The number of hydrogen-bond acceptors (Lipinski definition) is 4. The zero-order chi connectivity index (χ0) is 17.9. The third-order valence-electron chi connectivity index (χ3n) is 4.06. The van der Waals surface area contributed by atoms with E-state index in [1.165, 1.54) is 0 Å². The van der Waals surface area contributed by atoms with Gasteiger partial charge < -0.3 is 9.32 Å². The third-order valence-corrected chi connectivity index (χ3v) is 5.11. The summed E-state index contributed by atoms with van der Waals surface area (Å²) in [4.78, 5) is 20.5. The number of rotatable bonds is 5. The van der Waals surface area contributed by atoms with Crippen LogP contribution in [0.3, 0.4) is 0 Å². The molecule has 1 amide bonds. The lowest BCUT2D eigenvalue weighted by Crippen LogP contribution is -2.30. The maximum atomic E-state index is 13.4. The first kappa shape index (κ1) is 16.8. The Morgan fingerprint density at radius 1 is 1.12 bits per heavy atom. The zero-order valence-electron chi connectivity index (χ0n) is 13.8. The molecular formula is C20H15ClN2O2S. The molecule has 6 heteroatoms. The summed E-state index contributed by atoms with van der Waals surface area (Å²) in [7, 11) is 0. The minimum Gasteiger partial charge on any atom is -0.467 e. The normalized spacial score (nSPS) is 11.0. The molecule has 3 aromatic heterocycles. The molecule has 26 heavy (non-hydrogen) atoms. The number of carbonyl (C=O) groups excluding carboxylic acids is 1. The molecule has 0 N–H and O–H groups in total. The standard InChI is InChI=1S/C20H15ClN2O2S/c21-19-11-17(16-7-1-2-8-18(16)22-19)20(24)23(12-14-5-3-9-25-14)13-15-6-4-10-26-15/h1-11H,12-13H2. The molecule has 0 aliphatic heterocycles. The molecule has 0 saturated carbocycles. The lowest BCUT2D eigenvalue weighted by molar-refractivity contribution is 0.0721. The van der Waals surface area contributed by atoms with Crippen molar-refractivity contribution in [2.45, 2.75) is 13.1 Å². The topological polar surface area (TPSA) is 46.3 Å². The van der Waals surface area contributed by atoms with Crippen molar-refractivity contribution in [1.82, 2.24) is 9.88 Å². The number of amides is 1. The van der Waals surface area contributed by atoms with Crippen molar-refractivity contribution < 1.29 is 9.21 Å². The predicted octanol–water partition coefficient (Wildman–Crippen LogP) is 5.39. The van der Waals surface area contributed by atoms with Crippen molar-refractivity contribution in [3.63, 3.8) is 0 Å². The summed E-state index contributed by atoms with van der Waals surface area (Å²) in [6, 6.07) is 16.8. The third kappa shape index (κ3) is 3.49. The van der Waals surface area contributed by atoms with Crippen molar-refractivity contribution in [2.24, 2.45) is 0 Å². The first-order valence-corrected chi connectivity index (χ1v) is 9.36. The molecule has 0 saturated heterocycles. The average Bonchev–Trinajstić information content (AvgIpc) is 3.34. The van der Waals surface area contributed by atoms with Gasteiger partial charge in [0.05, 0.1) is 30.4 Å². The number of hydrogen-bond donors (Lipinski definition) is 0. The maximum Gasteiger partial charge on any atom is 0.255 e. The molecule has 0 aliphatic carbocycles. The van der Waals surface area contributed by atoms with Crippen LogP contribution < -0.4 is 0 Å². The number of carbonyl (C=O) groups is 1. The second-order valence-electron chi connectivity index (χ2n) is 5.83. The van der Waals surface area contributed by atoms with Gasteiger partial charge in [0.1, 0.15) is 10.9 Å². The van der Waals surface area contributed by atoms with E-state index in [0.29, 0.717) is 29.3 Å². The molecule has 0 aliphatic rings. The predicted molar refractivity (Wildman–Crippen MR) is 103 cm³/mol. The summed E-state index contributed by atoms with van der Waals surface area (Å²) in [6.45, 7) is 0.892. The van der Waals surface area contributed by atoms with Gasteiger partial charge in [-0.3, -0.25) is 4.79 Å². The summed E-state index contributed by atoms with van der Waals surface area (Å²) in [6.07, 6.45) is 1.61. The fourth-order valence-corrected chi connectivity index (χ4v) is 3.79. The molecule has 3 heterocycles. The van der Waals surface area contributed by atoms with E-state index in [1.54, 1.807) is 28.6 Å². The van der Waals surface area contributed by atoms with Gasteiger partial charge in [0.2, 0.25) is 0 Å². The van der Waals surface area contributed by atoms with Crippen molar-refractivity contribution in [3.8, 4) is 0 Å². The van der Waals surface area contributed by atoms with Crippen LogP contribution in [-0.2, 0) is 13.1 Å². The fraction of sp³-hybridized carbons (Fsp3) is 0.100. The molecular weight excluding hydrogens is 368 g/mol. The van der Waals surface area contributed by atoms with Gasteiger partial charge in [-0.1, -0.05) is 35.9 Å². The van der Waals surface area contributed by atoms with Crippen LogP contribution in [0, 0.1) is 0 Å². The summed E-state index contributed by atoms with van der Waals surface area (Å²) >= 11 is 7.78. The second-order valence-corrected chi connectivity index (χ2v) is 7.25. The number of nitrogens with zero attached hydrogens (tertiary/aromatic N) is 2. The molecule has 4 nitrogen and oxygen atoms in total. The lowest BCUT2D eigenvalue weighted by atomic mass is 10.1. The second kappa shape index (κ2) is 7.32. The lowest BCUT2D eigenvalue weighted by Gasteiger charge is -2.22. The molecule has 0 spiro atoms. The summed E-state index contributed by atoms with van der Waals surface area (Å²) < 4.78 is 5.45. The van der Waals surface area contributed by atoms with Crippen molar-refractivity contribution >= 4 is 39.7 Å². The highest BCUT2D eigenvalue weighted by molar-refractivity contribution is 7.09. The van der Waals surface area contributed by atoms with E-state index < -0.39 is 0 Å². The molecule has 0 atom stereocenters. The Morgan fingerprint density at radius 3 is 2.77 bits per heavy atom. The van der Waals surface area contributed by atoms with Crippen LogP contribution in [0.1, 0.15) is 21.0 Å². The molecule has 4 rings (SSSR count). The molecule has 4 aromatic rings. The molecule has 0 radical (unpaired) electrons. The quantitative estimate of drug-likeness (QED) is 0.435. The Morgan fingerprint density at radius 2 is 2.00 bits per heavy atom. The van der Waals surface area contributed by atoms with Crippen LogP contribution in [0.4, 0.5) is 0 Å². The van der Waals surface area contributed by atoms with Crippen LogP contribution in [0.2, 0.25) is 5.15 Å². The Labute approximate surface area is 159 Å². The van der Waals surface area contributed by atoms with Gasteiger partial charge in [-0.25, -0.2) is 4.98 Å². The SMILES string of the molecule is O=C(c1cc(Cl)nc2ccccc12)N(Cc1ccco1)Cc1cccs1. The van der Waals surface area contributed by atoms with Gasteiger partial charge in [-0.05, 0) is 35.7 Å². The Hall–Kier alpha value is -2.63. The Kier molecular flexibility index (Phi) is 4.73. The van der Waals surface area contributed by atoms with Gasteiger partial charge in [-0.15, -0.1) is 11.3 Å². The van der Waals surface area contributed by atoms with Crippen LogP contribution in [0.25, 0.3) is 10.9 Å². The Balaban J connectivity index is 1.74. The zero-order valence-corrected chi connectivity index (χ0v) is 15.3. The number of para-hydroxylation sites is 1. The molecule has 0 fully saturated rings. The van der Waals surface area contributed by atoms with Crippen LogP contribution in [-0.4, -0.2) is 15.8 Å². The van der Waals surface area contributed by atoms with Crippen LogP contribution in [0.15, 0.2) is 70.7 Å². The number of pyridine rings is 1. The minimum atomic E-state index is -0.102. The van der Waals surface area contributed by atoms with E-state index in [9.17, 15) is 4.79 Å². The molecule has 130 valence electrons. The van der Waals surface area contributed by atoms with Gasteiger partial charge >= 0.3 is 0 Å². The monoisotopic (exact) mass is 382 g/mol. The van der Waals surface area contributed by atoms with Gasteiger partial charge in [-0.2, -0.15) is 0 Å². The minimum absolute atomic E-state index is 0.102. The number of aromatic nitrogens is 1. The Bertz CT molecular complexity index is 993. The first-order valence-electron chi connectivity index (χ1n) is 8.10. The van der Waals surface area contributed by atoms with E-state index in [2.05, 4.69) is 4.98 Å². The van der Waals surface area contributed by atoms with E-state index in [-0.39, 0.29) is 5.91 Å². The molecule has 0 bridgehead atoms. The summed E-state index contributed by atoms with van der Waals surface area (Å²) in [5.41, 5.74) is 1.25. The van der Waals surface area contributed by atoms with Gasteiger partial charge in [0.25, 0.3) is 5.91 Å². The number of furan rings is 1. The number of benzene rings is 1. The van der Waals surface area contributed by atoms with E-state index in [4.69, 9.17) is 16.0 Å². The number of fused-ring (bicyclic) bond motifs is 1. The van der Waals surface area contributed by atoms with E-state index >= 15 is 0 Å². The largest absolute Gasteiger partial charge is 0.467 e. The maximum absolute atomic E-state index is 13.4.